The van der Waals surface area contributed by atoms with Crippen LogP contribution in [0.2, 0.25) is 0 Å². The van der Waals surface area contributed by atoms with Crippen molar-refractivity contribution in [2.75, 3.05) is 13.1 Å². The van der Waals surface area contributed by atoms with Crippen LogP contribution in [0, 0.1) is 11.3 Å². The van der Waals surface area contributed by atoms with Crippen LogP contribution in [0.1, 0.15) is 26.2 Å². The summed E-state index contributed by atoms with van der Waals surface area (Å²) in [6.45, 7) is 2.27. The highest BCUT2D eigenvalue weighted by Gasteiger charge is 2.09. The first kappa shape index (κ1) is 15.0. The summed E-state index contributed by atoms with van der Waals surface area (Å²) in [6.07, 6.45) is 4.44. The molecule has 0 saturated carbocycles. The number of aliphatic carboxylic acids is 1. The molecule has 0 radical (unpaired) electrons. The molecule has 0 atom stereocenters. The summed E-state index contributed by atoms with van der Waals surface area (Å²) in [4.78, 5) is 21.5. The number of unbranched alkanes of at least 4 members (excludes halogenated alkanes) is 2. The van der Waals surface area contributed by atoms with Gasteiger partial charge in [-0.1, -0.05) is 19.8 Å². The number of carbonyl (C=O) groups excluding carboxylic acids is 1. The van der Waals surface area contributed by atoms with Crippen molar-refractivity contribution < 1.29 is 14.7 Å². The zero-order valence-electron chi connectivity index (χ0n) is 9.82. The highest BCUT2D eigenvalue weighted by Crippen LogP contribution is 1.93. The minimum absolute atomic E-state index is 0.122. The van der Waals surface area contributed by atoms with Gasteiger partial charge in [-0.3, -0.25) is 9.59 Å². The topological polar surface area (TPSA) is 102 Å². The molecule has 94 valence electrons. The molecule has 0 unspecified atom stereocenters. The third kappa shape index (κ3) is 7.85. The molecule has 0 spiro atoms. The predicted octanol–water partition coefficient (Wildman–Crippen LogP) is 0.374. The maximum atomic E-state index is 11.3. The van der Waals surface area contributed by atoms with Gasteiger partial charge in [0, 0.05) is 12.7 Å². The van der Waals surface area contributed by atoms with Gasteiger partial charge >= 0.3 is 5.97 Å². The second-order valence-corrected chi connectivity index (χ2v) is 3.41. The first-order chi connectivity index (χ1) is 8.11. The number of carbonyl (C=O) groups is 2. The van der Waals surface area contributed by atoms with Gasteiger partial charge in [0.25, 0.3) is 5.91 Å². The molecule has 0 aromatic heterocycles. The van der Waals surface area contributed by atoms with Crippen LogP contribution in [0.5, 0.6) is 0 Å². The fourth-order valence-corrected chi connectivity index (χ4v) is 1.05. The Morgan fingerprint density at radius 2 is 2.12 bits per heavy atom. The molecule has 0 aromatic rings. The number of nitrogens with zero attached hydrogens (tertiary/aromatic N) is 1. The fourth-order valence-electron chi connectivity index (χ4n) is 1.05. The molecule has 6 nitrogen and oxygen atoms in total. The molecule has 0 saturated heterocycles. The first-order valence-corrected chi connectivity index (χ1v) is 5.45. The standard InChI is InChI=1S/C11H17N3O3/c1-2-3-4-5-13-7-9(6-12)11(17)14-8-10(15)16/h7,13H,2-5,8H2,1H3,(H,14,17)(H,15,16)/b9-7-. The van der Waals surface area contributed by atoms with Gasteiger partial charge in [-0.05, 0) is 6.42 Å². The largest absolute Gasteiger partial charge is 0.480 e. The second-order valence-electron chi connectivity index (χ2n) is 3.41. The Morgan fingerprint density at radius 3 is 2.65 bits per heavy atom. The predicted molar refractivity (Wildman–Crippen MR) is 61.9 cm³/mol. The van der Waals surface area contributed by atoms with Crippen LogP contribution in [0.4, 0.5) is 0 Å². The van der Waals surface area contributed by atoms with E-state index in [4.69, 9.17) is 10.4 Å². The van der Waals surface area contributed by atoms with E-state index in [1.807, 2.05) is 0 Å². The Morgan fingerprint density at radius 1 is 1.41 bits per heavy atom. The minimum Gasteiger partial charge on any atom is -0.480 e. The number of nitriles is 1. The monoisotopic (exact) mass is 239 g/mol. The summed E-state index contributed by atoms with van der Waals surface area (Å²) in [5.74, 6) is -1.83. The average molecular weight is 239 g/mol. The molecular formula is C11H17N3O3. The number of hydrogen-bond acceptors (Lipinski definition) is 4. The maximum Gasteiger partial charge on any atom is 0.322 e. The maximum absolute atomic E-state index is 11.3. The van der Waals surface area contributed by atoms with Crippen molar-refractivity contribution in [3.05, 3.63) is 11.8 Å². The van der Waals surface area contributed by atoms with Crippen LogP contribution in [0.25, 0.3) is 0 Å². The van der Waals surface area contributed by atoms with Gasteiger partial charge in [0.2, 0.25) is 0 Å². The zero-order valence-corrected chi connectivity index (χ0v) is 9.82. The molecule has 1 amide bonds. The van der Waals surface area contributed by atoms with E-state index < -0.39 is 18.4 Å². The molecule has 0 bridgehead atoms. The fraction of sp³-hybridized carbons (Fsp3) is 0.545. The molecular weight excluding hydrogens is 222 g/mol. The van der Waals surface area contributed by atoms with E-state index in [1.54, 1.807) is 6.07 Å². The quantitative estimate of drug-likeness (QED) is 0.323. The summed E-state index contributed by atoms with van der Waals surface area (Å²) < 4.78 is 0. The normalized spacial score (nSPS) is 10.5. The highest BCUT2D eigenvalue weighted by molar-refractivity contribution is 5.98. The van der Waals surface area contributed by atoms with Gasteiger partial charge in [0.1, 0.15) is 18.2 Å². The van der Waals surface area contributed by atoms with E-state index in [9.17, 15) is 9.59 Å². The van der Waals surface area contributed by atoms with Crippen LogP contribution >= 0.6 is 0 Å². The number of rotatable bonds is 8. The van der Waals surface area contributed by atoms with Gasteiger partial charge in [0.15, 0.2) is 0 Å². The number of carboxylic acid groups (broad SMARTS) is 1. The molecule has 0 heterocycles. The molecule has 6 heteroatoms. The lowest BCUT2D eigenvalue weighted by Gasteiger charge is -2.02. The lowest BCUT2D eigenvalue weighted by molar-refractivity contribution is -0.137. The molecule has 0 aliphatic carbocycles. The molecule has 3 N–H and O–H groups in total. The first-order valence-electron chi connectivity index (χ1n) is 5.45. The number of carboxylic acids is 1. The van der Waals surface area contributed by atoms with Gasteiger partial charge in [0.05, 0.1) is 0 Å². The molecule has 17 heavy (non-hydrogen) atoms. The molecule has 0 aliphatic rings. The lowest BCUT2D eigenvalue weighted by Crippen LogP contribution is -2.30. The minimum atomic E-state index is -1.15. The number of amides is 1. The Kier molecular flexibility index (Phi) is 8.11. The van der Waals surface area contributed by atoms with Crippen molar-refractivity contribution in [3.8, 4) is 6.07 Å². The summed E-state index contributed by atoms with van der Waals surface area (Å²) in [6, 6.07) is 1.71. The number of hydrogen-bond donors (Lipinski definition) is 3. The van der Waals surface area contributed by atoms with Gasteiger partial charge in [-0.2, -0.15) is 5.26 Å². The highest BCUT2D eigenvalue weighted by atomic mass is 16.4. The second kappa shape index (κ2) is 9.21. The van der Waals surface area contributed by atoms with Crippen molar-refractivity contribution >= 4 is 11.9 Å². The third-order valence-electron chi connectivity index (χ3n) is 1.94. The average Bonchev–Trinajstić information content (AvgIpc) is 2.31. The summed E-state index contributed by atoms with van der Waals surface area (Å²) >= 11 is 0. The van der Waals surface area contributed by atoms with E-state index in [0.29, 0.717) is 6.54 Å². The van der Waals surface area contributed by atoms with Crippen molar-refractivity contribution in [1.82, 2.24) is 10.6 Å². The van der Waals surface area contributed by atoms with E-state index in [2.05, 4.69) is 17.6 Å². The summed E-state index contributed by atoms with van der Waals surface area (Å²) in [7, 11) is 0. The van der Waals surface area contributed by atoms with Crippen molar-refractivity contribution in [1.29, 1.82) is 5.26 Å². The van der Waals surface area contributed by atoms with Gasteiger partial charge < -0.3 is 15.7 Å². The van der Waals surface area contributed by atoms with E-state index in [1.165, 1.54) is 6.20 Å². The molecule has 0 aliphatic heterocycles. The Bertz CT molecular complexity index is 331. The van der Waals surface area contributed by atoms with Crippen LogP contribution in [-0.2, 0) is 9.59 Å². The lowest BCUT2D eigenvalue weighted by atomic mass is 10.2. The van der Waals surface area contributed by atoms with Gasteiger partial charge in [-0.15, -0.1) is 0 Å². The van der Waals surface area contributed by atoms with Crippen molar-refractivity contribution in [3.63, 3.8) is 0 Å². The summed E-state index contributed by atoms with van der Waals surface area (Å²) in [5, 5.41) is 22.0. The van der Waals surface area contributed by atoms with E-state index >= 15 is 0 Å². The van der Waals surface area contributed by atoms with Crippen LogP contribution < -0.4 is 10.6 Å². The number of nitrogens with one attached hydrogen (secondary N) is 2. The van der Waals surface area contributed by atoms with E-state index in [-0.39, 0.29) is 5.57 Å². The van der Waals surface area contributed by atoms with Crippen molar-refractivity contribution in [2.45, 2.75) is 26.2 Å². The zero-order chi connectivity index (χ0) is 13.1. The SMILES string of the molecule is CCCCCN/C=C(/C#N)C(=O)NCC(=O)O. The molecule has 0 fully saturated rings. The van der Waals surface area contributed by atoms with E-state index in [0.717, 1.165) is 19.3 Å². The summed E-state index contributed by atoms with van der Waals surface area (Å²) in [5.41, 5.74) is -0.122. The van der Waals surface area contributed by atoms with Crippen LogP contribution in [-0.4, -0.2) is 30.1 Å². The van der Waals surface area contributed by atoms with Gasteiger partial charge in [-0.25, -0.2) is 0 Å². The molecule has 0 aromatic carbocycles. The smallest absolute Gasteiger partial charge is 0.322 e. The Hall–Kier alpha value is -2.03. The molecule has 0 rings (SSSR count). The van der Waals surface area contributed by atoms with Crippen LogP contribution in [0.15, 0.2) is 11.8 Å². The van der Waals surface area contributed by atoms with Crippen molar-refractivity contribution in [2.24, 2.45) is 0 Å². The Labute approximate surface area is 100 Å². The Balaban J connectivity index is 4.04. The third-order valence-corrected chi connectivity index (χ3v) is 1.94. The van der Waals surface area contributed by atoms with Crippen LogP contribution in [0.3, 0.4) is 0 Å².